The van der Waals surface area contributed by atoms with Crippen molar-refractivity contribution in [1.82, 2.24) is 10.3 Å². The molecule has 1 aromatic carbocycles. The van der Waals surface area contributed by atoms with Crippen molar-refractivity contribution in [3.8, 4) is 0 Å². The van der Waals surface area contributed by atoms with E-state index in [-0.39, 0.29) is 5.56 Å². The fraction of sp³-hybridized carbons (Fsp3) is 0.312. The highest BCUT2D eigenvalue weighted by Crippen LogP contribution is 2.19. The topological polar surface area (TPSA) is 108 Å². The van der Waals surface area contributed by atoms with Crippen molar-refractivity contribution in [2.24, 2.45) is 0 Å². The minimum Gasteiger partial charge on any atom is -0.479 e. The number of para-hydroxylation sites is 1. The molecule has 1 atom stereocenters. The van der Waals surface area contributed by atoms with Gasteiger partial charge in [-0.15, -0.1) is 0 Å². The SMILES string of the molecule is CC(C)(C)OC(=O)N[C@H](C(=O)O)C(=O)c1c[nH]c2ccccc12. The number of amides is 1. The fourth-order valence-electron chi connectivity index (χ4n) is 2.10. The Labute approximate surface area is 132 Å². The van der Waals surface area contributed by atoms with Crippen LogP contribution in [0.4, 0.5) is 4.79 Å². The number of hydrogen-bond donors (Lipinski definition) is 3. The second kappa shape index (κ2) is 6.12. The number of ketones is 1. The Balaban J connectivity index is 2.26. The van der Waals surface area contributed by atoms with Crippen LogP contribution < -0.4 is 5.32 Å². The van der Waals surface area contributed by atoms with Gasteiger partial charge in [-0.3, -0.25) is 4.79 Å². The maximum absolute atomic E-state index is 12.5. The van der Waals surface area contributed by atoms with Gasteiger partial charge in [0.2, 0.25) is 0 Å². The van der Waals surface area contributed by atoms with Gasteiger partial charge in [-0.25, -0.2) is 9.59 Å². The molecule has 2 aromatic rings. The number of carboxylic acids is 1. The lowest BCUT2D eigenvalue weighted by Gasteiger charge is -2.21. The average Bonchev–Trinajstić information content (AvgIpc) is 2.85. The van der Waals surface area contributed by atoms with Gasteiger partial charge >= 0.3 is 12.1 Å². The zero-order valence-corrected chi connectivity index (χ0v) is 13.0. The van der Waals surface area contributed by atoms with Crippen LogP contribution in [0.15, 0.2) is 30.5 Å². The van der Waals surface area contributed by atoms with E-state index in [4.69, 9.17) is 4.74 Å². The summed E-state index contributed by atoms with van der Waals surface area (Å²) in [5, 5.41) is 12.0. The number of aromatic nitrogens is 1. The summed E-state index contributed by atoms with van der Waals surface area (Å²) in [6.07, 6.45) is 0.470. The summed E-state index contributed by atoms with van der Waals surface area (Å²) in [6.45, 7) is 4.93. The molecule has 0 aliphatic rings. The second-order valence-corrected chi connectivity index (χ2v) is 6.03. The van der Waals surface area contributed by atoms with Crippen LogP contribution in [0.25, 0.3) is 10.9 Å². The summed E-state index contributed by atoms with van der Waals surface area (Å²) in [4.78, 5) is 38.5. The summed E-state index contributed by atoms with van der Waals surface area (Å²) in [5.41, 5.74) is 0.109. The van der Waals surface area contributed by atoms with Gasteiger partial charge in [0.25, 0.3) is 0 Å². The Bertz CT molecular complexity index is 757. The molecule has 0 spiro atoms. The maximum atomic E-state index is 12.5. The molecule has 0 bridgehead atoms. The van der Waals surface area contributed by atoms with E-state index in [1.165, 1.54) is 6.20 Å². The molecule has 122 valence electrons. The molecule has 0 fully saturated rings. The fourth-order valence-corrected chi connectivity index (χ4v) is 2.10. The molecule has 1 heterocycles. The quantitative estimate of drug-likeness (QED) is 0.592. The van der Waals surface area contributed by atoms with E-state index in [9.17, 15) is 19.5 Å². The van der Waals surface area contributed by atoms with Crippen molar-refractivity contribution in [2.75, 3.05) is 0 Å². The number of alkyl carbamates (subject to hydrolysis) is 1. The van der Waals surface area contributed by atoms with Crippen LogP contribution in [-0.4, -0.2) is 39.6 Å². The van der Waals surface area contributed by atoms with Gasteiger partial charge in [-0.1, -0.05) is 18.2 Å². The number of hydrogen-bond acceptors (Lipinski definition) is 4. The standard InChI is InChI=1S/C16H18N2O5/c1-16(2,3)23-15(22)18-12(14(20)21)13(19)10-8-17-11-7-5-4-6-9(10)11/h4-8,12,17H,1-3H3,(H,18,22)(H,20,21)/t12-/m0/s1. The number of fused-ring (bicyclic) bond motifs is 1. The monoisotopic (exact) mass is 318 g/mol. The minimum atomic E-state index is -1.72. The highest BCUT2D eigenvalue weighted by molar-refractivity contribution is 6.18. The van der Waals surface area contributed by atoms with Crippen molar-refractivity contribution in [1.29, 1.82) is 0 Å². The van der Waals surface area contributed by atoms with Gasteiger partial charge in [0.1, 0.15) is 5.60 Å². The van der Waals surface area contributed by atoms with E-state index in [0.29, 0.717) is 10.9 Å². The summed E-state index contributed by atoms with van der Waals surface area (Å²) in [6, 6.07) is 5.28. The van der Waals surface area contributed by atoms with Crippen LogP contribution in [0.2, 0.25) is 0 Å². The van der Waals surface area contributed by atoms with Crippen molar-refractivity contribution >= 4 is 28.7 Å². The highest BCUT2D eigenvalue weighted by atomic mass is 16.6. The van der Waals surface area contributed by atoms with E-state index >= 15 is 0 Å². The molecule has 3 N–H and O–H groups in total. The minimum absolute atomic E-state index is 0.198. The van der Waals surface area contributed by atoms with Crippen molar-refractivity contribution in [2.45, 2.75) is 32.4 Å². The van der Waals surface area contributed by atoms with Crippen LogP contribution in [0.5, 0.6) is 0 Å². The first-order valence-corrected chi connectivity index (χ1v) is 7.01. The van der Waals surface area contributed by atoms with Crippen LogP contribution in [0.3, 0.4) is 0 Å². The Morgan fingerprint density at radius 1 is 1.22 bits per heavy atom. The van der Waals surface area contributed by atoms with Crippen molar-refractivity contribution < 1.29 is 24.2 Å². The average molecular weight is 318 g/mol. The van der Waals surface area contributed by atoms with Crippen molar-refractivity contribution in [3.05, 3.63) is 36.0 Å². The maximum Gasteiger partial charge on any atom is 0.408 e. The Kier molecular flexibility index (Phi) is 4.40. The molecule has 0 radical (unpaired) electrons. The van der Waals surface area contributed by atoms with Crippen LogP contribution in [0, 0.1) is 0 Å². The number of carbonyl (C=O) groups is 3. The number of benzene rings is 1. The molecule has 0 aliphatic heterocycles. The van der Waals surface area contributed by atoms with Gasteiger partial charge < -0.3 is 20.1 Å². The molecular weight excluding hydrogens is 300 g/mol. The zero-order valence-electron chi connectivity index (χ0n) is 13.0. The third kappa shape index (κ3) is 3.88. The first-order chi connectivity index (χ1) is 10.7. The molecule has 7 heteroatoms. The van der Waals surface area contributed by atoms with Gasteiger partial charge in [-0.2, -0.15) is 0 Å². The normalized spacial score (nSPS) is 12.7. The lowest BCUT2D eigenvalue weighted by molar-refractivity contribution is -0.138. The van der Waals surface area contributed by atoms with E-state index in [1.807, 2.05) is 0 Å². The predicted octanol–water partition coefficient (Wildman–Crippen LogP) is 2.33. The first kappa shape index (κ1) is 16.5. The molecule has 7 nitrogen and oxygen atoms in total. The Morgan fingerprint density at radius 3 is 2.48 bits per heavy atom. The molecule has 0 saturated carbocycles. The molecule has 2 rings (SSSR count). The number of aliphatic carboxylic acids is 1. The number of H-pyrrole nitrogens is 1. The molecule has 23 heavy (non-hydrogen) atoms. The Hall–Kier alpha value is -2.83. The molecule has 1 amide bonds. The van der Waals surface area contributed by atoms with Crippen LogP contribution in [0.1, 0.15) is 31.1 Å². The van der Waals surface area contributed by atoms with Gasteiger partial charge in [0.05, 0.1) is 0 Å². The van der Waals surface area contributed by atoms with E-state index < -0.39 is 29.5 Å². The zero-order chi connectivity index (χ0) is 17.2. The van der Waals surface area contributed by atoms with E-state index in [2.05, 4.69) is 10.3 Å². The number of nitrogens with one attached hydrogen (secondary N) is 2. The molecule has 1 aromatic heterocycles. The van der Waals surface area contributed by atoms with E-state index in [1.54, 1.807) is 45.0 Å². The van der Waals surface area contributed by atoms with E-state index in [0.717, 1.165) is 0 Å². The lowest BCUT2D eigenvalue weighted by atomic mass is 10.0. The summed E-state index contributed by atoms with van der Waals surface area (Å²) >= 11 is 0. The predicted molar refractivity (Wildman–Crippen MR) is 83.4 cm³/mol. The smallest absolute Gasteiger partial charge is 0.408 e. The molecular formula is C16H18N2O5. The first-order valence-electron chi connectivity index (χ1n) is 7.01. The van der Waals surface area contributed by atoms with Gasteiger partial charge in [0.15, 0.2) is 11.8 Å². The van der Waals surface area contributed by atoms with Gasteiger partial charge in [-0.05, 0) is 26.8 Å². The third-order valence-corrected chi connectivity index (χ3v) is 3.02. The molecule has 0 aliphatic carbocycles. The molecule has 0 saturated heterocycles. The number of ether oxygens (including phenoxy) is 1. The number of rotatable bonds is 4. The number of Topliss-reactive ketones (excluding diaryl/α,β-unsaturated/α-hetero) is 1. The third-order valence-electron chi connectivity index (χ3n) is 3.02. The number of carboxylic acid groups (broad SMARTS) is 1. The van der Waals surface area contributed by atoms with Crippen LogP contribution >= 0.6 is 0 Å². The van der Waals surface area contributed by atoms with Crippen LogP contribution in [-0.2, 0) is 9.53 Å². The number of aromatic amines is 1. The second-order valence-electron chi connectivity index (χ2n) is 6.03. The molecule has 0 unspecified atom stereocenters. The summed E-state index contributed by atoms with van der Waals surface area (Å²) < 4.78 is 5.00. The summed E-state index contributed by atoms with van der Waals surface area (Å²) in [7, 11) is 0. The highest BCUT2D eigenvalue weighted by Gasteiger charge is 2.32. The van der Waals surface area contributed by atoms with Gasteiger partial charge in [0, 0.05) is 22.7 Å². The number of carbonyl (C=O) groups excluding carboxylic acids is 2. The Morgan fingerprint density at radius 2 is 1.87 bits per heavy atom. The largest absolute Gasteiger partial charge is 0.479 e. The summed E-state index contributed by atoms with van der Waals surface area (Å²) in [5.74, 6) is -2.17. The van der Waals surface area contributed by atoms with Crippen molar-refractivity contribution in [3.63, 3.8) is 0 Å². The lowest BCUT2D eigenvalue weighted by Crippen LogP contribution is -2.48.